The number of ether oxygens (including phenoxy) is 2. The van der Waals surface area contributed by atoms with E-state index in [1.165, 1.54) is 7.11 Å². The standard InChI is InChI=1S/C25H23Cl2N3O4S/c1-15-22(25(32)34-11-10-33-2)23(18-8-3-4-9-20(18)27)19(13-28)24(29-15)35-14-21(31)30-17-7-5-6-16(26)12-17/h3-9,12,23,29H,10-11,14H2,1-2H3,(H,30,31). The average molecular weight is 532 g/mol. The molecule has 0 fully saturated rings. The van der Waals surface area contributed by atoms with E-state index in [1.807, 2.05) is 0 Å². The Morgan fingerprint density at radius 3 is 2.63 bits per heavy atom. The van der Waals surface area contributed by atoms with Gasteiger partial charge in [0.1, 0.15) is 6.61 Å². The van der Waals surface area contributed by atoms with Crippen molar-refractivity contribution in [2.75, 3.05) is 31.4 Å². The number of esters is 1. The lowest BCUT2D eigenvalue weighted by Gasteiger charge is -2.29. The van der Waals surface area contributed by atoms with Gasteiger partial charge in [-0.1, -0.05) is 59.2 Å². The molecule has 0 radical (unpaired) electrons. The SMILES string of the molecule is COCCOC(=O)C1=C(C)NC(SCC(=O)Nc2cccc(Cl)c2)=C(C#N)C1c1ccccc1Cl. The second-order valence-corrected chi connectivity index (χ2v) is 9.28. The summed E-state index contributed by atoms with van der Waals surface area (Å²) in [6.45, 7) is 2.03. The maximum Gasteiger partial charge on any atom is 0.336 e. The smallest absolute Gasteiger partial charge is 0.336 e. The van der Waals surface area contributed by atoms with Gasteiger partial charge in [-0.3, -0.25) is 4.79 Å². The van der Waals surface area contributed by atoms with Gasteiger partial charge in [0.05, 0.1) is 40.5 Å². The summed E-state index contributed by atoms with van der Waals surface area (Å²) in [5.74, 6) is -1.59. The first kappa shape index (κ1) is 26.6. The summed E-state index contributed by atoms with van der Waals surface area (Å²) in [5.41, 5.74) is 2.21. The molecular weight excluding hydrogens is 509 g/mol. The normalized spacial score (nSPS) is 15.3. The lowest BCUT2D eigenvalue weighted by atomic mass is 9.82. The van der Waals surface area contributed by atoms with Crippen LogP contribution < -0.4 is 10.6 Å². The van der Waals surface area contributed by atoms with Crippen molar-refractivity contribution in [1.82, 2.24) is 5.32 Å². The molecule has 1 amide bonds. The van der Waals surface area contributed by atoms with Gasteiger partial charge in [-0.2, -0.15) is 5.26 Å². The summed E-state index contributed by atoms with van der Waals surface area (Å²) in [6.07, 6.45) is 0. The minimum atomic E-state index is -0.761. The van der Waals surface area contributed by atoms with Crippen LogP contribution in [0, 0.1) is 11.3 Å². The van der Waals surface area contributed by atoms with Crippen molar-refractivity contribution in [1.29, 1.82) is 5.26 Å². The molecule has 2 aromatic rings. The Bertz CT molecular complexity index is 1220. The van der Waals surface area contributed by atoms with Crippen LogP contribution in [0.2, 0.25) is 10.0 Å². The third-order valence-electron chi connectivity index (χ3n) is 5.06. The third-order valence-corrected chi connectivity index (χ3v) is 6.66. The van der Waals surface area contributed by atoms with Crippen LogP contribution in [0.4, 0.5) is 5.69 Å². The Hall–Kier alpha value is -2.96. The van der Waals surface area contributed by atoms with Crippen molar-refractivity contribution >= 4 is 52.5 Å². The fourth-order valence-corrected chi connectivity index (χ4v) is 4.84. The van der Waals surface area contributed by atoms with Gasteiger partial charge >= 0.3 is 5.97 Å². The summed E-state index contributed by atoms with van der Waals surface area (Å²) >= 11 is 13.6. The van der Waals surface area contributed by atoms with E-state index in [2.05, 4.69) is 16.7 Å². The first-order valence-corrected chi connectivity index (χ1v) is 12.3. The van der Waals surface area contributed by atoms with E-state index in [0.29, 0.717) is 32.0 Å². The highest BCUT2D eigenvalue weighted by atomic mass is 35.5. The Morgan fingerprint density at radius 2 is 1.94 bits per heavy atom. The molecule has 182 valence electrons. The van der Waals surface area contributed by atoms with Crippen LogP contribution in [0.25, 0.3) is 0 Å². The van der Waals surface area contributed by atoms with Crippen LogP contribution in [-0.2, 0) is 19.1 Å². The van der Waals surface area contributed by atoms with Gasteiger partial charge in [0.25, 0.3) is 0 Å². The molecule has 7 nitrogen and oxygen atoms in total. The molecule has 1 aliphatic rings. The number of thioether (sulfide) groups is 1. The molecule has 2 aromatic carbocycles. The summed E-state index contributed by atoms with van der Waals surface area (Å²) in [5, 5.41) is 17.4. The van der Waals surface area contributed by atoms with Crippen LogP contribution in [0.3, 0.4) is 0 Å². The lowest BCUT2D eigenvalue weighted by Crippen LogP contribution is -2.30. The van der Waals surface area contributed by atoms with Crippen LogP contribution in [0.5, 0.6) is 0 Å². The highest BCUT2D eigenvalue weighted by Crippen LogP contribution is 2.43. The van der Waals surface area contributed by atoms with E-state index < -0.39 is 11.9 Å². The van der Waals surface area contributed by atoms with Gasteiger partial charge in [-0.05, 0) is 36.8 Å². The topological polar surface area (TPSA) is 100 Å². The number of carbonyl (C=O) groups excluding carboxylic acids is 2. The second-order valence-electron chi connectivity index (χ2n) is 7.45. The number of carbonyl (C=O) groups is 2. The first-order valence-electron chi connectivity index (χ1n) is 10.6. The van der Waals surface area contributed by atoms with Crippen molar-refractivity contribution in [2.45, 2.75) is 12.8 Å². The fourth-order valence-electron chi connectivity index (χ4n) is 3.51. The number of hydrogen-bond donors (Lipinski definition) is 2. The minimum absolute atomic E-state index is 0.0240. The van der Waals surface area contributed by atoms with E-state index in [9.17, 15) is 14.9 Å². The molecule has 0 saturated heterocycles. The summed E-state index contributed by atoms with van der Waals surface area (Å²) in [6, 6.07) is 16.0. The van der Waals surface area contributed by atoms with E-state index in [1.54, 1.807) is 55.5 Å². The Kier molecular flexibility index (Phi) is 9.64. The summed E-state index contributed by atoms with van der Waals surface area (Å²) in [4.78, 5) is 25.6. The number of dihydropyridines is 1. The van der Waals surface area contributed by atoms with Gasteiger partial charge in [0.2, 0.25) is 5.91 Å². The number of hydrogen-bond acceptors (Lipinski definition) is 7. The first-order chi connectivity index (χ1) is 16.8. The number of nitrogens with one attached hydrogen (secondary N) is 2. The maximum atomic E-state index is 13.0. The van der Waals surface area contributed by atoms with E-state index in [4.69, 9.17) is 32.7 Å². The predicted octanol–water partition coefficient (Wildman–Crippen LogP) is 5.25. The zero-order chi connectivity index (χ0) is 25.4. The molecule has 1 aliphatic heterocycles. The molecule has 0 aliphatic carbocycles. The van der Waals surface area contributed by atoms with Crippen molar-refractivity contribution in [3.8, 4) is 6.07 Å². The molecule has 1 heterocycles. The Labute approximate surface area is 218 Å². The number of benzene rings is 2. The van der Waals surface area contributed by atoms with Crippen LogP contribution >= 0.6 is 35.0 Å². The molecular formula is C25H23Cl2N3O4S. The van der Waals surface area contributed by atoms with Crippen LogP contribution in [0.1, 0.15) is 18.4 Å². The van der Waals surface area contributed by atoms with Crippen molar-refractivity contribution in [3.05, 3.63) is 86.0 Å². The van der Waals surface area contributed by atoms with Gasteiger partial charge < -0.3 is 20.1 Å². The van der Waals surface area contributed by atoms with E-state index in [-0.39, 0.29) is 36.0 Å². The molecule has 1 unspecified atom stereocenters. The highest BCUT2D eigenvalue weighted by Gasteiger charge is 2.36. The molecule has 0 saturated carbocycles. The molecule has 0 aromatic heterocycles. The quantitative estimate of drug-likeness (QED) is 0.336. The van der Waals surface area contributed by atoms with Crippen molar-refractivity contribution in [2.24, 2.45) is 0 Å². The van der Waals surface area contributed by atoms with Crippen molar-refractivity contribution < 1.29 is 19.1 Å². The number of rotatable bonds is 9. The lowest BCUT2D eigenvalue weighted by molar-refractivity contribution is -0.140. The molecule has 1 atom stereocenters. The number of allylic oxidation sites excluding steroid dienone is 2. The number of nitrogens with zero attached hydrogens (tertiary/aromatic N) is 1. The molecule has 2 N–H and O–H groups in total. The second kappa shape index (κ2) is 12.7. The van der Waals surface area contributed by atoms with Crippen molar-refractivity contribution in [3.63, 3.8) is 0 Å². The molecule has 0 bridgehead atoms. The minimum Gasteiger partial charge on any atom is -0.460 e. The molecule has 0 spiro atoms. The Morgan fingerprint density at radius 1 is 1.17 bits per heavy atom. The monoisotopic (exact) mass is 531 g/mol. The number of methoxy groups -OCH3 is 1. The molecule has 35 heavy (non-hydrogen) atoms. The zero-order valence-electron chi connectivity index (χ0n) is 19.1. The largest absolute Gasteiger partial charge is 0.460 e. The van der Waals surface area contributed by atoms with Gasteiger partial charge in [-0.25, -0.2) is 4.79 Å². The molecule has 10 heteroatoms. The maximum absolute atomic E-state index is 13.0. The number of anilines is 1. The van der Waals surface area contributed by atoms with Crippen LogP contribution in [-0.4, -0.2) is 38.0 Å². The number of amides is 1. The third kappa shape index (κ3) is 6.80. The Balaban J connectivity index is 1.89. The highest BCUT2D eigenvalue weighted by molar-refractivity contribution is 8.03. The van der Waals surface area contributed by atoms with E-state index in [0.717, 1.165) is 11.8 Å². The van der Waals surface area contributed by atoms with Crippen LogP contribution in [0.15, 0.2) is 70.4 Å². The summed E-state index contributed by atoms with van der Waals surface area (Å²) < 4.78 is 10.3. The van der Waals surface area contributed by atoms with Gasteiger partial charge in [0, 0.05) is 28.5 Å². The predicted molar refractivity (Wildman–Crippen MR) is 138 cm³/mol. The zero-order valence-corrected chi connectivity index (χ0v) is 21.4. The average Bonchev–Trinajstić information content (AvgIpc) is 2.82. The van der Waals surface area contributed by atoms with E-state index >= 15 is 0 Å². The van der Waals surface area contributed by atoms with Gasteiger partial charge in [0.15, 0.2) is 0 Å². The number of nitriles is 1. The fraction of sp³-hybridized carbons (Fsp3) is 0.240. The number of halogens is 2. The van der Waals surface area contributed by atoms with Gasteiger partial charge in [-0.15, -0.1) is 0 Å². The summed E-state index contributed by atoms with van der Waals surface area (Å²) in [7, 11) is 1.51. The molecule has 3 rings (SSSR count).